The highest BCUT2D eigenvalue weighted by Crippen LogP contribution is 2.08. The first-order valence-corrected chi connectivity index (χ1v) is 4.09. The topological polar surface area (TPSA) is 3.88 Å². The molecule has 13 heavy (non-hydrogen) atoms. The van der Waals surface area contributed by atoms with Crippen LogP contribution in [-0.4, -0.2) is 7.41 Å². The van der Waals surface area contributed by atoms with E-state index in [0.717, 1.165) is 0 Å². The van der Waals surface area contributed by atoms with E-state index >= 15 is 0 Å². The zero-order valence-electron chi connectivity index (χ0n) is 7.44. The first-order valence-electron chi connectivity index (χ1n) is 4.09. The summed E-state index contributed by atoms with van der Waals surface area (Å²) in [7, 11) is 2.03. The smallest absolute Gasteiger partial charge is 0.535 e. The van der Waals surface area contributed by atoms with Crippen molar-refractivity contribution >= 4 is 18.2 Å². The van der Waals surface area contributed by atoms with E-state index in [1.807, 2.05) is 14.2 Å². The summed E-state index contributed by atoms with van der Waals surface area (Å²) in [6.07, 6.45) is 4.18. The molecule has 2 rings (SSSR count). The minimum absolute atomic E-state index is 0. The van der Waals surface area contributed by atoms with Gasteiger partial charge in [-0.3, -0.25) is 4.48 Å². The summed E-state index contributed by atoms with van der Waals surface area (Å²) in [5, 5.41) is 2.56. The molecule has 0 saturated carbocycles. The molecule has 2 aromatic rings. The average molecular weight is 282 g/mol. The number of nitrogens with zero attached hydrogens (tertiary/aromatic N) is 1. The Labute approximate surface area is 96.1 Å². The van der Waals surface area contributed by atoms with Gasteiger partial charge in [-0.05, 0) is 18.3 Å². The van der Waals surface area contributed by atoms with Crippen molar-refractivity contribution in [1.29, 1.82) is 0 Å². The predicted octanol–water partition coefficient (Wildman–Crippen LogP) is -1.35. The zero-order chi connectivity index (χ0) is 8.39. The van der Waals surface area contributed by atoms with E-state index in [0.29, 0.717) is 0 Å². The Hall–Kier alpha value is -0.575. The van der Waals surface area contributed by atoms with Crippen molar-refractivity contribution in [3.8, 4) is 0 Å². The first-order chi connectivity index (χ1) is 5.90. The van der Waals surface area contributed by atoms with E-state index in [4.69, 9.17) is 0 Å². The van der Waals surface area contributed by atoms with Crippen LogP contribution >= 0.6 is 0 Å². The number of pyridine rings is 1. The Bertz CT molecular complexity index is 403. The lowest BCUT2D eigenvalue weighted by molar-refractivity contribution is -0.527. The molecule has 0 fully saturated rings. The molecule has 1 radical (unpaired) electrons. The second-order valence-electron chi connectivity index (χ2n) is 2.78. The Kier molecular flexibility index (Phi) is 3.72. The molecule has 0 spiro atoms. The molecule has 0 aliphatic heterocycles. The van der Waals surface area contributed by atoms with Crippen LogP contribution in [0.5, 0.6) is 0 Å². The minimum atomic E-state index is 0. The molecule has 0 N–H and O–H groups in total. The Morgan fingerprint density at radius 3 is 2.46 bits per heavy atom. The minimum Gasteiger partial charge on any atom is -1.00 e. The molecular formula is C10H10BIN. The quantitative estimate of drug-likeness (QED) is 0.450. The average Bonchev–Trinajstić information content (AvgIpc) is 2.17. The molecule has 3 heteroatoms. The van der Waals surface area contributed by atoms with Gasteiger partial charge in [-0.1, -0.05) is 18.2 Å². The highest BCUT2D eigenvalue weighted by atomic mass is 127. The molecule has 0 saturated heterocycles. The summed E-state index contributed by atoms with van der Waals surface area (Å²) in [5.74, 6) is 0. The van der Waals surface area contributed by atoms with Crippen molar-refractivity contribution in [2.75, 3.05) is 0 Å². The van der Waals surface area contributed by atoms with E-state index in [1.165, 1.54) is 10.8 Å². The van der Waals surface area contributed by atoms with E-state index in [2.05, 4.69) is 47.2 Å². The molecular weight excluding hydrogens is 272 g/mol. The van der Waals surface area contributed by atoms with Crippen molar-refractivity contribution in [2.24, 2.45) is 0 Å². The molecule has 0 unspecified atom stereocenters. The number of rotatable bonds is 1. The molecule has 0 amide bonds. The third kappa shape index (κ3) is 2.21. The second kappa shape index (κ2) is 4.60. The molecule has 1 heterocycles. The van der Waals surface area contributed by atoms with Gasteiger partial charge in [0.05, 0.1) is 0 Å². The van der Waals surface area contributed by atoms with Gasteiger partial charge in [-0.15, -0.1) is 0 Å². The monoisotopic (exact) mass is 282 g/mol. The Morgan fingerprint density at radius 2 is 1.77 bits per heavy atom. The van der Waals surface area contributed by atoms with Gasteiger partial charge in [-0.25, -0.2) is 0 Å². The van der Waals surface area contributed by atoms with E-state index in [1.54, 1.807) is 0 Å². The van der Waals surface area contributed by atoms with Crippen molar-refractivity contribution in [1.82, 2.24) is 0 Å². The molecule has 65 valence electrons. The summed E-state index contributed by atoms with van der Waals surface area (Å²) in [4.78, 5) is 0. The summed E-state index contributed by atoms with van der Waals surface area (Å²) < 4.78 is 2.06. The van der Waals surface area contributed by atoms with E-state index in [-0.39, 0.29) is 24.0 Å². The van der Waals surface area contributed by atoms with Gasteiger partial charge >= 0.3 is 7.41 Å². The molecule has 1 aromatic carbocycles. The summed E-state index contributed by atoms with van der Waals surface area (Å²) in [5.41, 5.74) is 0. The van der Waals surface area contributed by atoms with Gasteiger partial charge in [0.1, 0.15) is 6.20 Å². The third-order valence-electron chi connectivity index (χ3n) is 2.01. The lowest BCUT2D eigenvalue weighted by Crippen LogP contribution is -3.00. The van der Waals surface area contributed by atoms with Gasteiger partial charge in [-0.2, -0.15) is 0 Å². The van der Waals surface area contributed by atoms with Crippen LogP contribution in [0.1, 0.15) is 0 Å². The van der Waals surface area contributed by atoms with Crippen LogP contribution in [0.2, 0.25) is 6.82 Å². The van der Waals surface area contributed by atoms with Gasteiger partial charge in [0.25, 0.3) is 0 Å². The maximum Gasteiger partial charge on any atom is 0.535 e. The fraction of sp³-hybridized carbons (Fsp3) is 0.100. The fourth-order valence-corrected chi connectivity index (χ4v) is 1.31. The molecule has 1 nitrogen and oxygen atoms in total. The molecule has 0 bridgehead atoms. The van der Waals surface area contributed by atoms with Crippen LogP contribution in [0.15, 0.2) is 42.7 Å². The van der Waals surface area contributed by atoms with Crippen molar-refractivity contribution in [3.63, 3.8) is 0 Å². The van der Waals surface area contributed by atoms with Gasteiger partial charge in [0.15, 0.2) is 6.20 Å². The summed E-state index contributed by atoms with van der Waals surface area (Å²) in [6.45, 7) is 2.02. The van der Waals surface area contributed by atoms with Gasteiger partial charge in [0, 0.05) is 11.5 Å². The Morgan fingerprint density at radius 1 is 1.08 bits per heavy atom. The summed E-state index contributed by atoms with van der Waals surface area (Å²) >= 11 is 0. The lowest BCUT2D eigenvalue weighted by Gasteiger charge is -1.94. The highest BCUT2D eigenvalue weighted by Gasteiger charge is 2.00. The maximum absolute atomic E-state index is 2.12. The normalized spacial score (nSPS) is 9.31. The number of fused-ring (bicyclic) bond motifs is 1. The fourth-order valence-electron chi connectivity index (χ4n) is 1.31. The standard InChI is InChI=1S/C10H10BN.HI/c1-11-12-7-6-9-4-2-3-5-10(9)8-12;/h2-8H,1H3;1H/q+1;/p-1. The molecule has 0 aliphatic carbocycles. The molecule has 1 aromatic heterocycles. The van der Waals surface area contributed by atoms with Crippen LogP contribution in [0, 0.1) is 0 Å². The zero-order valence-corrected chi connectivity index (χ0v) is 9.60. The van der Waals surface area contributed by atoms with Crippen molar-refractivity contribution in [3.05, 3.63) is 42.7 Å². The highest BCUT2D eigenvalue weighted by molar-refractivity contribution is 6.22. The van der Waals surface area contributed by atoms with Crippen LogP contribution in [0.3, 0.4) is 0 Å². The Balaban J connectivity index is 0.000000845. The van der Waals surface area contributed by atoms with Crippen molar-refractivity contribution < 1.29 is 28.5 Å². The van der Waals surface area contributed by atoms with E-state index in [9.17, 15) is 0 Å². The number of halogens is 1. The predicted molar refractivity (Wildman–Crippen MR) is 51.2 cm³/mol. The van der Waals surface area contributed by atoms with Crippen LogP contribution in [0.4, 0.5) is 0 Å². The number of hydrogen-bond acceptors (Lipinski definition) is 0. The van der Waals surface area contributed by atoms with Crippen molar-refractivity contribution in [2.45, 2.75) is 6.82 Å². The van der Waals surface area contributed by atoms with Gasteiger partial charge in [0.2, 0.25) is 0 Å². The van der Waals surface area contributed by atoms with Gasteiger partial charge < -0.3 is 24.0 Å². The largest absolute Gasteiger partial charge is 1.00 e. The van der Waals surface area contributed by atoms with Crippen LogP contribution < -0.4 is 28.5 Å². The maximum atomic E-state index is 2.12. The number of benzene rings is 1. The SMILES string of the molecule is C[B][n+]1ccc2ccccc2c1.[I-]. The second-order valence-corrected chi connectivity index (χ2v) is 2.78. The number of hydrogen-bond donors (Lipinski definition) is 0. The first kappa shape index (κ1) is 10.5. The summed E-state index contributed by atoms with van der Waals surface area (Å²) in [6, 6.07) is 10.5. The van der Waals surface area contributed by atoms with Crippen LogP contribution in [0.25, 0.3) is 10.8 Å². The van der Waals surface area contributed by atoms with E-state index < -0.39 is 0 Å². The lowest BCUT2D eigenvalue weighted by atomic mass is 9.99. The number of aromatic nitrogens is 1. The molecule has 0 atom stereocenters. The van der Waals surface area contributed by atoms with Crippen LogP contribution in [-0.2, 0) is 0 Å². The molecule has 0 aliphatic rings. The third-order valence-corrected chi connectivity index (χ3v) is 2.01.